The van der Waals surface area contributed by atoms with Gasteiger partial charge in [-0.05, 0) is 42.9 Å². The average Bonchev–Trinajstić information content (AvgIpc) is 2.57. The third-order valence-corrected chi connectivity index (χ3v) is 3.80. The van der Waals surface area contributed by atoms with Gasteiger partial charge < -0.3 is 5.73 Å². The molecule has 1 aromatic rings. The van der Waals surface area contributed by atoms with Crippen LogP contribution < -0.4 is 5.73 Å². The molecule has 0 heterocycles. The first-order valence-electron chi connectivity index (χ1n) is 5.36. The molecule has 2 atom stereocenters. The number of halogens is 2. The van der Waals surface area contributed by atoms with Crippen LogP contribution in [-0.2, 0) is 6.42 Å². The molecule has 2 unspecified atom stereocenters. The van der Waals surface area contributed by atoms with E-state index in [9.17, 15) is 0 Å². The monoisotopic (exact) mass is 243 g/mol. The maximum atomic E-state index is 6.13. The van der Waals surface area contributed by atoms with Crippen LogP contribution in [0, 0.1) is 5.92 Å². The Morgan fingerprint density at radius 1 is 1.27 bits per heavy atom. The average molecular weight is 244 g/mol. The van der Waals surface area contributed by atoms with E-state index in [0.29, 0.717) is 17.0 Å². The topological polar surface area (TPSA) is 26.0 Å². The predicted molar refractivity (Wildman–Crippen MR) is 65.5 cm³/mol. The molecule has 0 spiro atoms. The molecular formula is C12H15Cl2N. The van der Waals surface area contributed by atoms with Gasteiger partial charge in [0.05, 0.1) is 0 Å². The molecule has 0 amide bonds. The predicted octanol–water partition coefficient (Wildman–Crippen LogP) is 3.66. The van der Waals surface area contributed by atoms with Gasteiger partial charge in [0.15, 0.2) is 0 Å². The van der Waals surface area contributed by atoms with E-state index >= 15 is 0 Å². The molecular weight excluding hydrogens is 229 g/mol. The largest absolute Gasteiger partial charge is 0.327 e. The minimum Gasteiger partial charge on any atom is -0.327 e. The van der Waals surface area contributed by atoms with E-state index in [2.05, 4.69) is 0 Å². The van der Waals surface area contributed by atoms with Gasteiger partial charge in [0.1, 0.15) is 0 Å². The van der Waals surface area contributed by atoms with E-state index in [1.54, 1.807) is 6.07 Å². The van der Waals surface area contributed by atoms with E-state index < -0.39 is 0 Å². The molecule has 1 fully saturated rings. The molecule has 0 saturated heterocycles. The van der Waals surface area contributed by atoms with Crippen LogP contribution in [0.2, 0.25) is 10.0 Å². The van der Waals surface area contributed by atoms with Crippen LogP contribution in [0.5, 0.6) is 0 Å². The van der Waals surface area contributed by atoms with Crippen LogP contribution in [0.4, 0.5) is 0 Å². The van der Waals surface area contributed by atoms with Gasteiger partial charge in [0, 0.05) is 16.1 Å². The molecule has 0 aliphatic heterocycles. The van der Waals surface area contributed by atoms with Crippen molar-refractivity contribution in [1.29, 1.82) is 0 Å². The van der Waals surface area contributed by atoms with Gasteiger partial charge in [-0.25, -0.2) is 0 Å². The van der Waals surface area contributed by atoms with Gasteiger partial charge in [-0.2, -0.15) is 0 Å². The molecule has 1 aromatic carbocycles. The SMILES string of the molecule is NC1CCCC1Cc1ccc(Cl)cc1Cl. The highest BCUT2D eigenvalue weighted by Crippen LogP contribution is 2.30. The van der Waals surface area contributed by atoms with Crippen molar-refractivity contribution < 1.29 is 0 Å². The van der Waals surface area contributed by atoms with Crippen LogP contribution in [0.1, 0.15) is 24.8 Å². The maximum Gasteiger partial charge on any atom is 0.0452 e. The molecule has 15 heavy (non-hydrogen) atoms. The summed E-state index contributed by atoms with van der Waals surface area (Å²) in [5, 5.41) is 1.46. The second kappa shape index (κ2) is 4.73. The molecule has 3 heteroatoms. The molecule has 0 radical (unpaired) electrons. The molecule has 82 valence electrons. The third kappa shape index (κ3) is 2.66. The van der Waals surface area contributed by atoms with E-state index in [1.807, 2.05) is 12.1 Å². The third-order valence-electron chi connectivity index (χ3n) is 3.22. The number of benzene rings is 1. The zero-order valence-corrected chi connectivity index (χ0v) is 10.1. The Balaban J connectivity index is 2.10. The first-order valence-corrected chi connectivity index (χ1v) is 6.12. The zero-order chi connectivity index (χ0) is 10.8. The van der Waals surface area contributed by atoms with Crippen molar-refractivity contribution in [3.63, 3.8) is 0 Å². The van der Waals surface area contributed by atoms with Crippen molar-refractivity contribution in [2.75, 3.05) is 0 Å². The molecule has 0 aromatic heterocycles. The normalized spacial score (nSPS) is 25.8. The van der Waals surface area contributed by atoms with Gasteiger partial charge >= 0.3 is 0 Å². The van der Waals surface area contributed by atoms with E-state index in [0.717, 1.165) is 17.9 Å². The lowest BCUT2D eigenvalue weighted by Crippen LogP contribution is -2.25. The molecule has 1 nitrogen and oxygen atoms in total. The van der Waals surface area contributed by atoms with Crippen molar-refractivity contribution in [2.24, 2.45) is 11.7 Å². The summed E-state index contributed by atoms with van der Waals surface area (Å²) < 4.78 is 0. The summed E-state index contributed by atoms with van der Waals surface area (Å²) >= 11 is 12.0. The van der Waals surface area contributed by atoms with Crippen LogP contribution in [0.3, 0.4) is 0 Å². The standard InChI is InChI=1S/C12H15Cl2N/c13-10-5-4-8(11(14)7-10)6-9-2-1-3-12(9)15/h4-5,7,9,12H,1-3,6,15H2. The van der Waals surface area contributed by atoms with Crippen molar-refractivity contribution in [3.8, 4) is 0 Å². The first-order chi connectivity index (χ1) is 7.16. The number of hydrogen-bond donors (Lipinski definition) is 1. The van der Waals surface area contributed by atoms with Crippen molar-refractivity contribution >= 4 is 23.2 Å². The maximum absolute atomic E-state index is 6.13. The lowest BCUT2D eigenvalue weighted by molar-refractivity contribution is 0.479. The highest BCUT2D eigenvalue weighted by atomic mass is 35.5. The summed E-state index contributed by atoms with van der Waals surface area (Å²) in [6.45, 7) is 0. The zero-order valence-electron chi connectivity index (χ0n) is 8.55. The Hall–Kier alpha value is -0.240. The Labute approximate surface area is 101 Å². The van der Waals surface area contributed by atoms with E-state index in [4.69, 9.17) is 28.9 Å². The van der Waals surface area contributed by atoms with Crippen LogP contribution in [0.15, 0.2) is 18.2 Å². The molecule has 2 rings (SSSR count). The fourth-order valence-corrected chi connectivity index (χ4v) is 2.77. The Morgan fingerprint density at radius 2 is 2.07 bits per heavy atom. The Kier molecular flexibility index (Phi) is 3.55. The molecule has 1 aliphatic rings. The smallest absolute Gasteiger partial charge is 0.0452 e. The first kappa shape index (κ1) is 11.3. The Morgan fingerprint density at radius 3 is 2.67 bits per heavy atom. The van der Waals surface area contributed by atoms with E-state index in [1.165, 1.54) is 18.4 Å². The number of nitrogens with two attached hydrogens (primary N) is 1. The summed E-state index contributed by atoms with van der Waals surface area (Å²) in [6, 6.07) is 6.05. The lowest BCUT2D eigenvalue weighted by atomic mass is 9.95. The lowest BCUT2D eigenvalue weighted by Gasteiger charge is -2.16. The molecule has 0 bridgehead atoms. The van der Waals surface area contributed by atoms with Gasteiger partial charge in [-0.1, -0.05) is 35.7 Å². The minimum atomic E-state index is 0.344. The highest BCUT2D eigenvalue weighted by molar-refractivity contribution is 6.35. The second-order valence-corrected chi connectivity index (χ2v) is 5.14. The quantitative estimate of drug-likeness (QED) is 0.844. The van der Waals surface area contributed by atoms with Crippen LogP contribution >= 0.6 is 23.2 Å². The molecule has 1 aliphatic carbocycles. The summed E-state index contributed by atoms with van der Waals surface area (Å²) in [5.41, 5.74) is 7.21. The summed E-state index contributed by atoms with van der Waals surface area (Å²) in [7, 11) is 0. The van der Waals surface area contributed by atoms with Crippen LogP contribution in [-0.4, -0.2) is 6.04 Å². The van der Waals surface area contributed by atoms with Crippen molar-refractivity contribution in [3.05, 3.63) is 33.8 Å². The minimum absolute atomic E-state index is 0.344. The van der Waals surface area contributed by atoms with Crippen molar-refractivity contribution in [2.45, 2.75) is 31.7 Å². The van der Waals surface area contributed by atoms with Gasteiger partial charge in [-0.3, -0.25) is 0 Å². The Bertz CT molecular complexity index is 351. The molecule has 2 N–H and O–H groups in total. The molecule has 1 saturated carbocycles. The van der Waals surface area contributed by atoms with E-state index in [-0.39, 0.29) is 0 Å². The highest BCUT2D eigenvalue weighted by Gasteiger charge is 2.24. The number of hydrogen-bond acceptors (Lipinski definition) is 1. The van der Waals surface area contributed by atoms with Gasteiger partial charge in [0.25, 0.3) is 0 Å². The fraction of sp³-hybridized carbons (Fsp3) is 0.500. The van der Waals surface area contributed by atoms with Gasteiger partial charge in [-0.15, -0.1) is 0 Å². The summed E-state index contributed by atoms with van der Waals surface area (Å²) in [4.78, 5) is 0. The second-order valence-electron chi connectivity index (χ2n) is 4.29. The van der Waals surface area contributed by atoms with Crippen LogP contribution in [0.25, 0.3) is 0 Å². The van der Waals surface area contributed by atoms with Gasteiger partial charge in [0.2, 0.25) is 0 Å². The summed E-state index contributed by atoms with van der Waals surface area (Å²) in [5.74, 6) is 0.587. The number of rotatable bonds is 2. The summed E-state index contributed by atoms with van der Waals surface area (Å²) in [6.07, 6.45) is 4.60. The van der Waals surface area contributed by atoms with Crippen molar-refractivity contribution in [1.82, 2.24) is 0 Å². The fourth-order valence-electron chi connectivity index (χ4n) is 2.29.